The third kappa shape index (κ3) is 2.22. The van der Waals surface area contributed by atoms with Crippen LogP contribution in [0.15, 0.2) is 18.2 Å². The summed E-state index contributed by atoms with van der Waals surface area (Å²) in [6.45, 7) is 0. The first-order valence-corrected chi connectivity index (χ1v) is 8.90. The molecule has 0 heteroatoms. The van der Waals surface area contributed by atoms with Crippen LogP contribution in [0.5, 0.6) is 0 Å². The zero-order valence-corrected chi connectivity index (χ0v) is 12.7. The van der Waals surface area contributed by atoms with Crippen LogP contribution in [0, 0.1) is 17.8 Å². The van der Waals surface area contributed by atoms with Gasteiger partial charge in [-0.15, -0.1) is 0 Å². The molecule has 0 amide bonds. The Kier molecular flexibility index (Phi) is 3.58. The van der Waals surface area contributed by atoms with Gasteiger partial charge in [0.2, 0.25) is 0 Å². The van der Waals surface area contributed by atoms with Crippen molar-refractivity contribution in [2.24, 2.45) is 11.8 Å². The molecule has 0 saturated heterocycles. The third-order valence-electron chi connectivity index (χ3n) is 6.12. The largest absolute Gasteiger partial charge is 0.0617 e. The van der Waals surface area contributed by atoms with Crippen LogP contribution in [-0.2, 0) is 12.8 Å². The minimum Gasteiger partial charge on any atom is -0.0617 e. The fourth-order valence-electron chi connectivity index (χ4n) is 5.17. The molecule has 2 unspecified atom stereocenters. The molecule has 2 fully saturated rings. The zero-order chi connectivity index (χ0) is 13.4. The van der Waals surface area contributed by atoms with Gasteiger partial charge in [0.1, 0.15) is 0 Å². The van der Waals surface area contributed by atoms with E-state index < -0.39 is 0 Å². The van der Waals surface area contributed by atoms with E-state index in [0.717, 1.165) is 11.8 Å². The second kappa shape index (κ2) is 5.54. The van der Waals surface area contributed by atoms with E-state index in [1.165, 1.54) is 70.6 Å². The predicted octanol–water partition coefficient (Wildman–Crippen LogP) is 5.48. The lowest BCUT2D eigenvalue weighted by atomic mass is 9.62. The Bertz CT molecular complexity index is 471. The Morgan fingerprint density at radius 3 is 2.60 bits per heavy atom. The van der Waals surface area contributed by atoms with Gasteiger partial charge in [0.05, 0.1) is 0 Å². The topological polar surface area (TPSA) is 0 Å². The van der Waals surface area contributed by atoms with Gasteiger partial charge in [-0.2, -0.15) is 0 Å². The lowest BCUT2D eigenvalue weighted by molar-refractivity contribution is 0.200. The molecular weight excluding hydrogens is 240 g/mol. The first-order valence-electron chi connectivity index (χ1n) is 8.90. The highest BCUT2D eigenvalue weighted by molar-refractivity contribution is 5.46. The summed E-state index contributed by atoms with van der Waals surface area (Å²) in [5.41, 5.74) is 5.10. The van der Waals surface area contributed by atoms with Crippen molar-refractivity contribution >= 4 is 0 Å². The number of hydrogen-bond donors (Lipinski definition) is 0. The summed E-state index contributed by atoms with van der Waals surface area (Å²) in [6, 6.07) is 7.18. The predicted molar refractivity (Wildman–Crippen MR) is 84.7 cm³/mol. The number of fused-ring (bicyclic) bond motifs is 2. The number of rotatable bonds is 1. The van der Waals surface area contributed by atoms with Gasteiger partial charge in [0.25, 0.3) is 0 Å². The average Bonchev–Trinajstić information content (AvgIpc) is 2.54. The normalized spacial score (nSPS) is 30.6. The Morgan fingerprint density at radius 1 is 0.750 bits per heavy atom. The quantitative estimate of drug-likeness (QED) is 0.632. The van der Waals surface area contributed by atoms with Gasteiger partial charge in [-0.3, -0.25) is 0 Å². The first kappa shape index (κ1) is 12.9. The highest BCUT2D eigenvalue weighted by atomic mass is 14.4. The van der Waals surface area contributed by atoms with E-state index in [2.05, 4.69) is 18.2 Å². The summed E-state index contributed by atoms with van der Waals surface area (Å²) in [4.78, 5) is 0. The van der Waals surface area contributed by atoms with Crippen molar-refractivity contribution in [1.82, 2.24) is 0 Å². The molecule has 0 nitrogen and oxygen atoms in total. The maximum atomic E-state index is 2.45. The molecule has 0 aliphatic heterocycles. The molecular formula is C20H27. The summed E-state index contributed by atoms with van der Waals surface area (Å²) < 4.78 is 0. The van der Waals surface area contributed by atoms with Gasteiger partial charge in [0.15, 0.2) is 0 Å². The summed E-state index contributed by atoms with van der Waals surface area (Å²) in [7, 11) is 0. The highest BCUT2D eigenvalue weighted by Gasteiger charge is 2.37. The van der Waals surface area contributed by atoms with Crippen LogP contribution in [-0.4, -0.2) is 0 Å². The van der Waals surface area contributed by atoms with E-state index in [1.54, 1.807) is 16.7 Å². The summed E-state index contributed by atoms with van der Waals surface area (Å²) in [5, 5.41) is 0. The van der Waals surface area contributed by atoms with Crippen molar-refractivity contribution in [3.8, 4) is 0 Å². The molecule has 2 atom stereocenters. The Balaban J connectivity index is 1.69. The molecule has 20 heavy (non-hydrogen) atoms. The molecule has 3 aliphatic rings. The fourth-order valence-corrected chi connectivity index (χ4v) is 5.17. The van der Waals surface area contributed by atoms with E-state index in [1.807, 2.05) is 5.92 Å². The van der Waals surface area contributed by atoms with Gasteiger partial charge >= 0.3 is 0 Å². The molecule has 3 aliphatic carbocycles. The monoisotopic (exact) mass is 267 g/mol. The van der Waals surface area contributed by atoms with Crippen molar-refractivity contribution in [3.63, 3.8) is 0 Å². The number of benzene rings is 1. The van der Waals surface area contributed by atoms with Crippen LogP contribution in [0.2, 0.25) is 0 Å². The SMILES string of the molecule is c1cc2c(c([C]3CCCC4CCCCC34)c1)CCCC2. The van der Waals surface area contributed by atoms with Gasteiger partial charge < -0.3 is 0 Å². The van der Waals surface area contributed by atoms with Crippen LogP contribution < -0.4 is 0 Å². The van der Waals surface area contributed by atoms with E-state index in [9.17, 15) is 0 Å². The molecule has 0 heterocycles. The molecule has 107 valence electrons. The molecule has 4 rings (SSSR count). The smallest absolute Gasteiger partial charge is 0.00863 e. The second-order valence-electron chi connectivity index (χ2n) is 7.22. The Morgan fingerprint density at radius 2 is 1.60 bits per heavy atom. The molecule has 0 N–H and O–H groups in total. The lowest BCUT2D eigenvalue weighted by Crippen LogP contribution is -2.31. The third-order valence-corrected chi connectivity index (χ3v) is 6.12. The maximum absolute atomic E-state index is 2.45. The fraction of sp³-hybridized carbons (Fsp3) is 0.650. The average molecular weight is 267 g/mol. The van der Waals surface area contributed by atoms with Crippen molar-refractivity contribution in [1.29, 1.82) is 0 Å². The van der Waals surface area contributed by atoms with Gasteiger partial charge in [-0.05, 0) is 67.1 Å². The second-order valence-corrected chi connectivity index (χ2v) is 7.22. The summed E-state index contributed by atoms with van der Waals surface area (Å²) >= 11 is 0. The van der Waals surface area contributed by atoms with E-state index >= 15 is 0 Å². The van der Waals surface area contributed by atoms with E-state index in [0.29, 0.717) is 0 Å². The molecule has 1 aromatic carbocycles. The Hall–Kier alpha value is -0.780. The first-order chi connectivity index (χ1) is 9.93. The van der Waals surface area contributed by atoms with Crippen LogP contribution in [0.3, 0.4) is 0 Å². The number of hydrogen-bond acceptors (Lipinski definition) is 0. The van der Waals surface area contributed by atoms with Crippen LogP contribution in [0.4, 0.5) is 0 Å². The summed E-state index contributed by atoms with van der Waals surface area (Å²) in [6.07, 6.45) is 15.7. The Labute approximate surface area is 124 Å². The number of aryl methyl sites for hydroxylation is 1. The van der Waals surface area contributed by atoms with Crippen LogP contribution in [0.1, 0.15) is 74.5 Å². The van der Waals surface area contributed by atoms with E-state index in [4.69, 9.17) is 0 Å². The van der Waals surface area contributed by atoms with Crippen molar-refractivity contribution in [2.75, 3.05) is 0 Å². The van der Waals surface area contributed by atoms with Crippen LogP contribution >= 0.6 is 0 Å². The van der Waals surface area contributed by atoms with Crippen molar-refractivity contribution < 1.29 is 0 Å². The van der Waals surface area contributed by atoms with Gasteiger partial charge in [-0.25, -0.2) is 0 Å². The molecule has 0 bridgehead atoms. The van der Waals surface area contributed by atoms with Crippen LogP contribution in [0.25, 0.3) is 0 Å². The minimum absolute atomic E-state index is 0.936. The molecule has 1 aromatic rings. The van der Waals surface area contributed by atoms with Gasteiger partial charge in [0, 0.05) is 5.92 Å². The minimum atomic E-state index is 0.936. The lowest BCUT2D eigenvalue weighted by Gasteiger charge is -2.42. The zero-order valence-electron chi connectivity index (χ0n) is 12.7. The molecule has 1 radical (unpaired) electrons. The summed E-state index contributed by atoms with van der Waals surface area (Å²) in [5.74, 6) is 3.82. The molecule has 2 saturated carbocycles. The molecule has 0 aromatic heterocycles. The highest BCUT2D eigenvalue weighted by Crippen LogP contribution is 2.48. The standard InChI is InChI=1S/C20H27/c1-3-11-17-15(7-1)9-5-13-19(17)20-14-6-10-16-8-2-4-12-18(16)20/h5,9,13,16,18H,1-4,6-8,10-12,14H2. The van der Waals surface area contributed by atoms with Crippen molar-refractivity contribution in [2.45, 2.75) is 70.6 Å². The van der Waals surface area contributed by atoms with E-state index in [-0.39, 0.29) is 0 Å². The molecule has 0 spiro atoms. The maximum Gasteiger partial charge on any atom is 0.00863 e. The van der Waals surface area contributed by atoms with Crippen molar-refractivity contribution in [3.05, 3.63) is 40.8 Å². The van der Waals surface area contributed by atoms with Gasteiger partial charge in [-0.1, -0.05) is 50.3 Å².